The van der Waals surface area contributed by atoms with Crippen molar-refractivity contribution in [2.75, 3.05) is 0 Å². The quantitative estimate of drug-likeness (QED) is 0.605. The van der Waals surface area contributed by atoms with Gasteiger partial charge in [-0.3, -0.25) is 9.48 Å². The van der Waals surface area contributed by atoms with Gasteiger partial charge in [-0.2, -0.15) is 5.10 Å². The van der Waals surface area contributed by atoms with Gasteiger partial charge in [-0.05, 0) is 30.7 Å². The highest BCUT2D eigenvalue weighted by Gasteiger charge is 2.17. The molecule has 0 unspecified atom stereocenters. The molecule has 1 N–H and O–H groups in total. The van der Waals surface area contributed by atoms with Crippen molar-refractivity contribution in [1.29, 1.82) is 0 Å². The number of nitrogens with zero attached hydrogens (tertiary/aromatic N) is 4. The maximum Gasteiger partial charge on any atom is 0.253 e. The summed E-state index contributed by atoms with van der Waals surface area (Å²) < 4.78 is 3.69. The van der Waals surface area contributed by atoms with Crippen LogP contribution in [0.4, 0.5) is 0 Å². The number of hydrogen-bond donors (Lipinski definition) is 1. The zero-order valence-corrected chi connectivity index (χ0v) is 14.4. The molecule has 0 aliphatic carbocycles. The molecule has 4 aromatic rings. The summed E-state index contributed by atoms with van der Waals surface area (Å²) in [7, 11) is 0. The molecule has 0 aliphatic rings. The van der Waals surface area contributed by atoms with Crippen molar-refractivity contribution < 1.29 is 4.79 Å². The Hall–Kier alpha value is -3.41. The second-order valence-electron chi connectivity index (χ2n) is 6.23. The van der Waals surface area contributed by atoms with Gasteiger partial charge < -0.3 is 9.72 Å². The van der Waals surface area contributed by atoms with Crippen LogP contribution in [-0.4, -0.2) is 25.1 Å². The van der Waals surface area contributed by atoms with E-state index in [2.05, 4.69) is 15.4 Å². The Balaban J connectivity index is 1.60. The fraction of sp³-hybridized carbons (Fsp3) is 0.150. The summed E-state index contributed by atoms with van der Waals surface area (Å²) in [6.45, 7) is 2.50. The normalized spacial score (nSPS) is 12.2. The number of imidazole rings is 1. The average molecular weight is 345 g/mol. The first-order chi connectivity index (χ1) is 12.7. The molecule has 0 saturated heterocycles. The summed E-state index contributed by atoms with van der Waals surface area (Å²) in [5.74, 6) is -0.126. The zero-order chi connectivity index (χ0) is 17.9. The van der Waals surface area contributed by atoms with Crippen LogP contribution in [-0.2, 0) is 6.54 Å². The fourth-order valence-corrected chi connectivity index (χ4v) is 3.01. The lowest BCUT2D eigenvalue weighted by atomic mass is 10.1. The number of carbonyl (C=O) groups is 1. The number of amides is 1. The molecule has 3 heterocycles. The Morgan fingerprint density at radius 1 is 1.12 bits per heavy atom. The largest absolute Gasteiger partial charge is 0.343 e. The maximum absolute atomic E-state index is 12.8. The predicted molar refractivity (Wildman–Crippen MR) is 98.8 cm³/mol. The van der Waals surface area contributed by atoms with Crippen LogP contribution in [0.1, 0.15) is 27.7 Å². The van der Waals surface area contributed by atoms with Crippen LogP contribution in [0, 0.1) is 6.92 Å². The van der Waals surface area contributed by atoms with Gasteiger partial charge in [0.15, 0.2) is 0 Å². The molecule has 6 heteroatoms. The lowest BCUT2D eigenvalue weighted by Crippen LogP contribution is -2.31. The minimum Gasteiger partial charge on any atom is -0.343 e. The first kappa shape index (κ1) is 16.1. The summed E-state index contributed by atoms with van der Waals surface area (Å²) in [6.07, 6.45) is 7.34. The SMILES string of the molecule is Cc1cn2cc(C(=O)N[C@@H](Cn3cccn3)c3ccccc3)ccc2n1. The van der Waals surface area contributed by atoms with Gasteiger partial charge in [-0.25, -0.2) is 4.98 Å². The van der Waals surface area contributed by atoms with Crippen molar-refractivity contribution >= 4 is 11.6 Å². The Kier molecular flexibility index (Phi) is 4.23. The van der Waals surface area contributed by atoms with E-state index in [0.29, 0.717) is 12.1 Å². The van der Waals surface area contributed by atoms with Gasteiger partial charge >= 0.3 is 0 Å². The highest BCUT2D eigenvalue weighted by Crippen LogP contribution is 2.16. The van der Waals surface area contributed by atoms with Gasteiger partial charge in [-0.15, -0.1) is 0 Å². The van der Waals surface area contributed by atoms with Crippen molar-refractivity contribution in [1.82, 2.24) is 24.5 Å². The molecule has 0 saturated carbocycles. The van der Waals surface area contributed by atoms with Gasteiger partial charge in [0, 0.05) is 24.8 Å². The third-order valence-electron chi connectivity index (χ3n) is 4.27. The number of carbonyl (C=O) groups excluding carboxylic acids is 1. The van der Waals surface area contributed by atoms with Crippen LogP contribution in [0.3, 0.4) is 0 Å². The Labute approximate surface area is 151 Å². The Bertz CT molecular complexity index is 1020. The van der Waals surface area contributed by atoms with E-state index in [1.54, 1.807) is 18.5 Å². The van der Waals surface area contributed by atoms with E-state index < -0.39 is 0 Å². The monoisotopic (exact) mass is 345 g/mol. The number of aryl methyl sites for hydroxylation is 1. The Morgan fingerprint density at radius 3 is 2.73 bits per heavy atom. The minimum atomic E-state index is -0.177. The third kappa shape index (κ3) is 3.35. The molecule has 1 atom stereocenters. The van der Waals surface area contributed by atoms with E-state index in [4.69, 9.17) is 0 Å². The average Bonchev–Trinajstić information content (AvgIpc) is 3.29. The van der Waals surface area contributed by atoms with Crippen LogP contribution in [0.25, 0.3) is 5.65 Å². The molecule has 6 nitrogen and oxygen atoms in total. The molecule has 3 aromatic heterocycles. The van der Waals surface area contributed by atoms with Crippen LogP contribution in [0.15, 0.2) is 73.3 Å². The second-order valence-corrected chi connectivity index (χ2v) is 6.23. The van der Waals surface area contributed by atoms with Crippen molar-refractivity contribution in [3.63, 3.8) is 0 Å². The van der Waals surface area contributed by atoms with Crippen molar-refractivity contribution in [3.05, 3.63) is 90.1 Å². The van der Waals surface area contributed by atoms with Crippen molar-refractivity contribution in [2.45, 2.75) is 19.5 Å². The summed E-state index contributed by atoms with van der Waals surface area (Å²) in [4.78, 5) is 17.2. The fourth-order valence-electron chi connectivity index (χ4n) is 3.01. The molecule has 0 aliphatic heterocycles. The number of nitrogens with one attached hydrogen (secondary N) is 1. The summed E-state index contributed by atoms with van der Waals surface area (Å²) in [5, 5.41) is 7.38. The number of benzene rings is 1. The number of hydrogen-bond acceptors (Lipinski definition) is 3. The lowest BCUT2D eigenvalue weighted by molar-refractivity contribution is 0.0931. The first-order valence-electron chi connectivity index (χ1n) is 8.47. The number of fused-ring (bicyclic) bond motifs is 1. The molecule has 26 heavy (non-hydrogen) atoms. The topological polar surface area (TPSA) is 64.2 Å². The summed E-state index contributed by atoms with van der Waals surface area (Å²) >= 11 is 0. The van der Waals surface area contributed by atoms with E-state index in [0.717, 1.165) is 16.9 Å². The van der Waals surface area contributed by atoms with Crippen LogP contribution in [0.5, 0.6) is 0 Å². The van der Waals surface area contributed by atoms with Crippen LogP contribution in [0.2, 0.25) is 0 Å². The van der Waals surface area contributed by atoms with Gasteiger partial charge in [0.25, 0.3) is 5.91 Å². The van der Waals surface area contributed by atoms with E-state index in [1.165, 1.54) is 0 Å². The van der Waals surface area contributed by atoms with Crippen LogP contribution < -0.4 is 5.32 Å². The lowest BCUT2D eigenvalue weighted by Gasteiger charge is -2.19. The maximum atomic E-state index is 12.8. The zero-order valence-electron chi connectivity index (χ0n) is 14.4. The molecule has 4 rings (SSSR count). The van der Waals surface area contributed by atoms with E-state index in [-0.39, 0.29) is 11.9 Å². The van der Waals surface area contributed by atoms with Gasteiger partial charge in [0.2, 0.25) is 0 Å². The van der Waals surface area contributed by atoms with Gasteiger partial charge in [0.05, 0.1) is 23.8 Å². The molecular weight excluding hydrogens is 326 g/mol. The van der Waals surface area contributed by atoms with Gasteiger partial charge in [0.1, 0.15) is 5.65 Å². The number of rotatable bonds is 5. The molecule has 0 radical (unpaired) electrons. The molecule has 1 aromatic carbocycles. The third-order valence-corrected chi connectivity index (χ3v) is 4.27. The molecule has 0 spiro atoms. The standard InChI is InChI=1S/C20H19N5O/c1-15-12-24-13-17(8-9-19(24)22-15)20(26)23-18(14-25-11-5-10-21-25)16-6-3-2-4-7-16/h2-13,18H,14H2,1H3,(H,23,26)/t18-/m0/s1. The number of aromatic nitrogens is 4. The summed E-state index contributed by atoms with van der Waals surface area (Å²) in [6, 6.07) is 15.3. The molecular formula is C20H19N5O. The smallest absolute Gasteiger partial charge is 0.253 e. The highest BCUT2D eigenvalue weighted by atomic mass is 16.1. The first-order valence-corrected chi connectivity index (χ1v) is 8.47. The molecule has 1 amide bonds. The van der Waals surface area contributed by atoms with E-state index in [9.17, 15) is 4.79 Å². The molecule has 0 bridgehead atoms. The predicted octanol–water partition coefficient (Wildman–Crippen LogP) is 3.01. The number of pyridine rings is 1. The van der Waals surface area contributed by atoms with Crippen molar-refractivity contribution in [3.8, 4) is 0 Å². The Morgan fingerprint density at radius 2 is 1.96 bits per heavy atom. The molecule has 0 fully saturated rings. The van der Waals surface area contributed by atoms with Gasteiger partial charge in [-0.1, -0.05) is 30.3 Å². The molecule has 130 valence electrons. The second kappa shape index (κ2) is 6.84. The van der Waals surface area contributed by atoms with Crippen LogP contribution >= 0.6 is 0 Å². The van der Waals surface area contributed by atoms with Crippen molar-refractivity contribution in [2.24, 2.45) is 0 Å². The van der Waals surface area contributed by atoms with E-state index >= 15 is 0 Å². The highest BCUT2D eigenvalue weighted by molar-refractivity contribution is 5.94. The minimum absolute atomic E-state index is 0.126. The van der Waals surface area contributed by atoms with E-state index in [1.807, 2.05) is 70.9 Å². The summed E-state index contributed by atoms with van der Waals surface area (Å²) in [5.41, 5.74) is 3.38.